The number of benzene rings is 1. The lowest BCUT2D eigenvalue weighted by Crippen LogP contribution is -2.41. The largest absolute Gasteiger partial charge is 0.417 e. The van der Waals surface area contributed by atoms with Gasteiger partial charge >= 0.3 is 0 Å². The van der Waals surface area contributed by atoms with E-state index in [-0.39, 0.29) is 10.9 Å². The highest BCUT2D eigenvalue weighted by molar-refractivity contribution is 9.10. The molecule has 1 N–H and O–H groups in total. The van der Waals surface area contributed by atoms with Crippen molar-refractivity contribution >= 4 is 30.2 Å². The molecular weight excluding hydrogens is 358 g/mol. The number of halogens is 1. The lowest BCUT2D eigenvalue weighted by Gasteiger charge is -2.37. The maximum atomic E-state index is 12.0. The Hall–Kier alpha value is -0.653. The van der Waals surface area contributed by atoms with Crippen LogP contribution in [0.3, 0.4) is 0 Å². The van der Waals surface area contributed by atoms with Gasteiger partial charge in [0, 0.05) is 29.1 Å². The van der Waals surface area contributed by atoms with Gasteiger partial charge in [-0.1, -0.05) is 36.7 Å². The monoisotopic (exact) mass is 383 g/mol. The minimum atomic E-state index is -1.70. The number of fused-ring (bicyclic) bond motifs is 1. The van der Waals surface area contributed by atoms with E-state index in [2.05, 4.69) is 61.2 Å². The highest BCUT2D eigenvalue weighted by Crippen LogP contribution is 2.37. The molecule has 0 radical (unpaired) electrons. The van der Waals surface area contributed by atoms with Crippen molar-refractivity contribution in [2.24, 2.45) is 0 Å². The summed E-state index contributed by atoms with van der Waals surface area (Å²) in [7, 11) is -1.70. The van der Waals surface area contributed by atoms with Gasteiger partial charge in [-0.15, -0.1) is 0 Å². The number of hydrogen-bond acceptors (Lipinski definition) is 2. The van der Waals surface area contributed by atoms with Crippen LogP contribution < -0.4 is 5.32 Å². The molecule has 22 heavy (non-hydrogen) atoms. The van der Waals surface area contributed by atoms with Crippen LogP contribution in [0.4, 0.5) is 0 Å². The SMILES string of the molecule is CC(C)(C)[Si](C)(C)OCCC1CNC(=O)c2ccc(Br)cc21. The van der Waals surface area contributed by atoms with E-state index in [4.69, 9.17) is 4.43 Å². The molecule has 1 atom stereocenters. The minimum absolute atomic E-state index is 0.0315. The van der Waals surface area contributed by atoms with E-state index in [0.717, 1.165) is 28.6 Å². The highest BCUT2D eigenvalue weighted by Gasteiger charge is 2.37. The normalized spacial score (nSPS) is 18.8. The number of amides is 1. The van der Waals surface area contributed by atoms with Gasteiger partial charge in [-0.2, -0.15) is 0 Å². The van der Waals surface area contributed by atoms with Gasteiger partial charge in [0.15, 0.2) is 8.32 Å². The van der Waals surface area contributed by atoms with Crippen molar-refractivity contribution in [3.8, 4) is 0 Å². The Morgan fingerprint density at radius 2 is 2.05 bits per heavy atom. The molecule has 1 aromatic carbocycles. The molecule has 0 aliphatic carbocycles. The summed E-state index contributed by atoms with van der Waals surface area (Å²) >= 11 is 3.51. The topological polar surface area (TPSA) is 38.3 Å². The summed E-state index contributed by atoms with van der Waals surface area (Å²) in [4.78, 5) is 12.0. The van der Waals surface area contributed by atoms with Crippen LogP contribution >= 0.6 is 15.9 Å². The fraction of sp³-hybridized carbons (Fsp3) is 0.588. The van der Waals surface area contributed by atoms with Crippen molar-refractivity contribution in [2.75, 3.05) is 13.2 Å². The van der Waals surface area contributed by atoms with Crippen molar-refractivity contribution in [2.45, 2.75) is 51.2 Å². The van der Waals surface area contributed by atoms with E-state index >= 15 is 0 Å². The van der Waals surface area contributed by atoms with Crippen LogP contribution in [-0.4, -0.2) is 27.4 Å². The maximum Gasteiger partial charge on any atom is 0.251 e. The van der Waals surface area contributed by atoms with Crippen molar-refractivity contribution in [3.05, 3.63) is 33.8 Å². The zero-order valence-electron chi connectivity index (χ0n) is 14.1. The van der Waals surface area contributed by atoms with Crippen molar-refractivity contribution in [1.29, 1.82) is 0 Å². The summed E-state index contributed by atoms with van der Waals surface area (Å²) in [5.41, 5.74) is 1.93. The molecule has 5 heteroatoms. The van der Waals surface area contributed by atoms with Gasteiger partial charge in [0.25, 0.3) is 5.91 Å². The molecule has 1 aliphatic heterocycles. The molecule has 1 amide bonds. The molecule has 2 rings (SSSR count). The van der Waals surface area contributed by atoms with Gasteiger partial charge in [0.05, 0.1) is 0 Å². The summed E-state index contributed by atoms with van der Waals surface area (Å²) in [5.74, 6) is 0.360. The van der Waals surface area contributed by atoms with E-state index in [1.165, 1.54) is 0 Å². The van der Waals surface area contributed by atoms with E-state index in [0.29, 0.717) is 12.5 Å². The first kappa shape index (κ1) is 17.7. The predicted molar refractivity (Wildman–Crippen MR) is 97.0 cm³/mol. The Morgan fingerprint density at radius 3 is 2.68 bits per heavy atom. The van der Waals surface area contributed by atoms with Crippen molar-refractivity contribution in [3.63, 3.8) is 0 Å². The molecule has 0 aromatic heterocycles. The predicted octanol–water partition coefficient (Wildman–Crippen LogP) is 4.69. The smallest absolute Gasteiger partial charge is 0.251 e. The Balaban J connectivity index is 2.05. The first-order chi connectivity index (χ1) is 10.1. The molecular formula is C17H26BrNO2Si. The standard InChI is InChI=1S/C17H26BrNO2Si/c1-17(2,3)22(4,5)21-9-8-12-11-19-16(20)14-7-6-13(18)10-15(12)14/h6-7,10,12H,8-9,11H2,1-5H3,(H,19,20). The Labute approximate surface area is 143 Å². The third-order valence-electron chi connectivity index (χ3n) is 4.94. The third kappa shape index (κ3) is 3.81. The van der Waals surface area contributed by atoms with Crippen LogP contribution in [0.25, 0.3) is 0 Å². The number of carbonyl (C=O) groups is 1. The fourth-order valence-electron chi connectivity index (χ4n) is 2.43. The van der Waals surface area contributed by atoms with Crippen LogP contribution in [-0.2, 0) is 4.43 Å². The molecule has 0 fully saturated rings. The van der Waals surface area contributed by atoms with Crippen LogP contribution in [0, 0.1) is 0 Å². The lowest BCUT2D eigenvalue weighted by atomic mass is 9.88. The van der Waals surface area contributed by atoms with Gasteiger partial charge in [-0.25, -0.2) is 0 Å². The molecule has 0 bridgehead atoms. The van der Waals surface area contributed by atoms with Crippen molar-refractivity contribution in [1.82, 2.24) is 5.32 Å². The van der Waals surface area contributed by atoms with Crippen LogP contribution in [0.1, 0.15) is 49.0 Å². The quantitative estimate of drug-likeness (QED) is 0.765. The number of nitrogens with one attached hydrogen (secondary N) is 1. The van der Waals surface area contributed by atoms with Gasteiger partial charge in [-0.05, 0) is 48.3 Å². The molecule has 1 aliphatic rings. The minimum Gasteiger partial charge on any atom is -0.417 e. The second-order valence-electron chi connectivity index (χ2n) is 7.54. The Morgan fingerprint density at radius 1 is 1.36 bits per heavy atom. The number of rotatable bonds is 4. The summed E-state index contributed by atoms with van der Waals surface area (Å²) < 4.78 is 7.31. The molecule has 0 saturated heterocycles. The zero-order chi connectivity index (χ0) is 16.5. The fourth-order valence-corrected chi connectivity index (χ4v) is 3.87. The summed E-state index contributed by atoms with van der Waals surface area (Å²) in [5, 5.41) is 3.22. The highest BCUT2D eigenvalue weighted by atomic mass is 79.9. The summed E-state index contributed by atoms with van der Waals surface area (Å²) in [6.45, 7) is 12.8. The third-order valence-corrected chi connectivity index (χ3v) is 9.97. The van der Waals surface area contributed by atoms with Gasteiger partial charge in [0.1, 0.15) is 0 Å². The summed E-state index contributed by atoms with van der Waals surface area (Å²) in [6.07, 6.45) is 0.941. The molecule has 122 valence electrons. The molecule has 0 spiro atoms. The Bertz CT molecular complexity index is 566. The first-order valence-corrected chi connectivity index (χ1v) is 11.5. The zero-order valence-corrected chi connectivity index (χ0v) is 16.7. The second kappa shape index (κ2) is 6.46. The molecule has 0 saturated carbocycles. The van der Waals surface area contributed by atoms with Crippen LogP contribution in [0.5, 0.6) is 0 Å². The average Bonchev–Trinajstić information content (AvgIpc) is 2.40. The molecule has 3 nitrogen and oxygen atoms in total. The maximum absolute atomic E-state index is 12.0. The molecule has 1 aromatic rings. The van der Waals surface area contributed by atoms with Gasteiger partial charge in [-0.3, -0.25) is 4.79 Å². The van der Waals surface area contributed by atoms with Crippen molar-refractivity contribution < 1.29 is 9.22 Å². The molecule has 1 unspecified atom stereocenters. The second-order valence-corrected chi connectivity index (χ2v) is 13.3. The number of carbonyl (C=O) groups excluding carboxylic acids is 1. The van der Waals surface area contributed by atoms with Gasteiger partial charge in [0.2, 0.25) is 0 Å². The van der Waals surface area contributed by atoms with E-state index in [1.807, 2.05) is 12.1 Å². The van der Waals surface area contributed by atoms with Crippen LogP contribution in [0.15, 0.2) is 22.7 Å². The molecule has 1 heterocycles. The average molecular weight is 384 g/mol. The van der Waals surface area contributed by atoms with Gasteiger partial charge < -0.3 is 9.74 Å². The van der Waals surface area contributed by atoms with E-state index < -0.39 is 8.32 Å². The Kier molecular flexibility index (Phi) is 5.19. The summed E-state index contributed by atoms with van der Waals surface area (Å²) in [6, 6.07) is 5.90. The lowest BCUT2D eigenvalue weighted by molar-refractivity contribution is 0.0937. The number of hydrogen-bond donors (Lipinski definition) is 1. The van der Waals surface area contributed by atoms with Crippen LogP contribution in [0.2, 0.25) is 18.1 Å². The van der Waals surface area contributed by atoms with E-state index in [9.17, 15) is 4.79 Å². The first-order valence-electron chi connectivity index (χ1n) is 7.83. The van der Waals surface area contributed by atoms with E-state index in [1.54, 1.807) is 0 Å².